The molecule has 1 aliphatic rings. The molecule has 8 nitrogen and oxygen atoms in total. The zero-order chi connectivity index (χ0) is 29.7. The molecule has 2 N–H and O–H groups in total. The molecule has 1 aromatic heterocycles. The van der Waals surface area contributed by atoms with E-state index in [-0.39, 0.29) is 28.7 Å². The Morgan fingerprint density at radius 1 is 1.00 bits per heavy atom. The number of fused-ring (bicyclic) bond motifs is 2. The van der Waals surface area contributed by atoms with Crippen LogP contribution in [0.5, 0.6) is 5.75 Å². The number of alkyl halides is 6. The molecule has 0 unspecified atom stereocenters. The molecule has 1 aliphatic heterocycles. The van der Waals surface area contributed by atoms with Crippen LogP contribution >= 0.6 is 0 Å². The number of nitrogens with one attached hydrogen (secondary N) is 2. The summed E-state index contributed by atoms with van der Waals surface area (Å²) in [5, 5.41) is 5.29. The van der Waals surface area contributed by atoms with E-state index >= 15 is 0 Å². The van der Waals surface area contributed by atoms with Crippen LogP contribution in [0.15, 0.2) is 59.5 Å². The van der Waals surface area contributed by atoms with E-state index in [1.165, 1.54) is 25.2 Å². The van der Waals surface area contributed by atoms with Crippen molar-refractivity contribution in [3.05, 3.63) is 71.4 Å². The van der Waals surface area contributed by atoms with Crippen molar-refractivity contribution in [3.8, 4) is 5.75 Å². The van der Waals surface area contributed by atoms with Gasteiger partial charge in [-0.25, -0.2) is 13.4 Å². The number of halogens is 6. The Morgan fingerprint density at radius 2 is 1.65 bits per heavy atom. The second-order valence-electron chi connectivity index (χ2n) is 9.29. The van der Waals surface area contributed by atoms with Gasteiger partial charge in [-0.1, -0.05) is 12.1 Å². The topological polar surface area (TPSA) is 101 Å². The number of aromatic nitrogens is 1. The van der Waals surface area contributed by atoms with Gasteiger partial charge in [0.25, 0.3) is 10.0 Å². The van der Waals surface area contributed by atoms with Crippen LogP contribution in [0.25, 0.3) is 0 Å². The first-order valence-electron chi connectivity index (χ1n) is 11.5. The molecule has 0 radical (unpaired) electrons. The van der Waals surface area contributed by atoms with Crippen molar-refractivity contribution < 1.29 is 44.3 Å². The number of carbonyl (C=O) groups is 1. The molecule has 0 atom stereocenters. The summed E-state index contributed by atoms with van der Waals surface area (Å²) in [7, 11) is -3.09. The van der Waals surface area contributed by atoms with E-state index in [0.29, 0.717) is 11.6 Å². The molecule has 0 spiro atoms. The van der Waals surface area contributed by atoms with Gasteiger partial charge in [0.1, 0.15) is 17.3 Å². The van der Waals surface area contributed by atoms with Crippen molar-refractivity contribution in [2.45, 2.75) is 43.2 Å². The number of rotatable bonds is 5. The number of sulfonamides is 1. The van der Waals surface area contributed by atoms with Crippen molar-refractivity contribution in [1.29, 1.82) is 0 Å². The molecule has 40 heavy (non-hydrogen) atoms. The van der Waals surface area contributed by atoms with Crippen LogP contribution in [-0.4, -0.2) is 32.7 Å². The lowest BCUT2D eigenvalue weighted by atomic mass is 9.83. The highest BCUT2D eigenvalue weighted by Crippen LogP contribution is 2.42. The van der Waals surface area contributed by atoms with Gasteiger partial charge in [0.15, 0.2) is 0 Å². The smallest absolute Gasteiger partial charge is 0.406 e. The maximum absolute atomic E-state index is 13.8. The van der Waals surface area contributed by atoms with Gasteiger partial charge in [-0.05, 0) is 61.9 Å². The van der Waals surface area contributed by atoms with E-state index < -0.39 is 50.9 Å². The number of carbonyl (C=O) groups excluding carboxylic acids is 1. The summed E-state index contributed by atoms with van der Waals surface area (Å²) in [5.74, 6) is -1.27. The first kappa shape index (κ1) is 29.0. The molecule has 0 aliphatic carbocycles. The van der Waals surface area contributed by atoms with Crippen LogP contribution in [0.4, 0.5) is 43.5 Å². The summed E-state index contributed by atoms with van der Waals surface area (Å²) in [5.41, 5.74) is -1.81. The molecule has 2 aromatic carbocycles. The third-order valence-corrected chi connectivity index (χ3v) is 8.04. The molecule has 0 saturated carbocycles. The highest BCUT2D eigenvalue weighted by atomic mass is 32.2. The van der Waals surface area contributed by atoms with E-state index in [0.717, 1.165) is 34.6 Å². The summed E-state index contributed by atoms with van der Waals surface area (Å²) in [6.45, 7) is 2.72. The SMILES string of the molecule is CNC(=O)C(C)(C)c1ccc2c(c1)N(S(=O)(=O)c1ccc(OC(F)(F)F)cc1)Cc1ccc(C(F)(F)F)nc1N2. The predicted molar refractivity (Wildman–Crippen MR) is 133 cm³/mol. The number of ether oxygens (including phenoxy) is 1. The molecule has 2 heterocycles. The Bertz CT molecular complexity index is 1550. The fourth-order valence-electron chi connectivity index (χ4n) is 4.08. The summed E-state index contributed by atoms with van der Waals surface area (Å²) < 4.78 is 110. The molecular formula is C25H22F6N4O4S. The van der Waals surface area contributed by atoms with Gasteiger partial charge >= 0.3 is 12.5 Å². The van der Waals surface area contributed by atoms with E-state index in [4.69, 9.17) is 0 Å². The maximum atomic E-state index is 13.8. The lowest BCUT2D eigenvalue weighted by Crippen LogP contribution is -2.38. The normalized spacial score (nSPS) is 14.0. The fraction of sp³-hybridized carbons (Fsp3) is 0.280. The van der Waals surface area contributed by atoms with Gasteiger partial charge in [0.05, 0.1) is 28.2 Å². The number of benzene rings is 2. The Morgan fingerprint density at radius 3 is 2.23 bits per heavy atom. The zero-order valence-corrected chi connectivity index (χ0v) is 21.9. The molecule has 4 rings (SSSR count). The van der Waals surface area contributed by atoms with E-state index in [2.05, 4.69) is 20.4 Å². The van der Waals surface area contributed by atoms with Crippen LogP contribution in [0.3, 0.4) is 0 Å². The minimum absolute atomic E-state index is 0.0170. The molecule has 15 heteroatoms. The number of nitrogens with zero attached hydrogens (tertiary/aromatic N) is 2. The lowest BCUT2D eigenvalue weighted by Gasteiger charge is -2.28. The minimum Gasteiger partial charge on any atom is -0.406 e. The summed E-state index contributed by atoms with van der Waals surface area (Å²) in [6, 6.07) is 9.63. The average Bonchev–Trinajstić information content (AvgIpc) is 3.03. The Balaban J connectivity index is 1.88. The van der Waals surface area contributed by atoms with Gasteiger partial charge in [0.2, 0.25) is 5.91 Å². The Labute approximate surface area is 225 Å². The number of hydrogen-bond acceptors (Lipinski definition) is 6. The average molecular weight is 589 g/mol. The molecule has 0 saturated heterocycles. The lowest BCUT2D eigenvalue weighted by molar-refractivity contribution is -0.274. The molecular weight excluding hydrogens is 566 g/mol. The summed E-state index contributed by atoms with van der Waals surface area (Å²) in [6.07, 6.45) is -9.75. The van der Waals surface area contributed by atoms with Crippen LogP contribution in [0.2, 0.25) is 0 Å². The van der Waals surface area contributed by atoms with Crippen molar-refractivity contribution in [3.63, 3.8) is 0 Å². The van der Waals surface area contributed by atoms with Crippen LogP contribution < -0.4 is 19.7 Å². The summed E-state index contributed by atoms with van der Waals surface area (Å²) >= 11 is 0. The highest BCUT2D eigenvalue weighted by molar-refractivity contribution is 7.92. The number of hydrogen-bond donors (Lipinski definition) is 2. The second kappa shape index (κ2) is 9.87. The van der Waals surface area contributed by atoms with Crippen LogP contribution in [-0.2, 0) is 33.0 Å². The largest absolute Gasteiger partial charge is 0.573 e. The highest BCUT2D eigenvalue weighted by Gasteiger charge is 2.37. The van der Waals surface area contributed by atoms with Gasteiger partial charge in [0, 0.05) is 12.6 Å². The van der Waals surface area contributed by atoms with Crippen molar-refractivity contribution >= 4 is 33.1 Å². The number of likely N-dealkylation sites (N-methyl/N-ethyl adjacent to an activating group) is 1. The van der Waals surface area contributed by atoms with E-state index in [1.807, 2.05) is 0 Å². The van der Waals surface area contributed by atoms with Crippen molar-refractivity contribution in [2.24, 2.45) is 0 Å². The second-order valence-corrected chi connectivity index (χ2v) is 11.2. The van der Waals surface area contributed by atoms with Gasteiger partial charge in [-0.3, -0.25) is 9.10 Å². The predicted octanol–water partition coefficient (Wildman–Crippen LogP) is 5.48. The monoisotopic (exact) mass is 588 g/mol. The van der Waals surface area contributed by atoms with Gasteiger partial charge < -0.3 is 15.4 Å². The number of amides is 1. The first-order valence-corrected chi connectivity index (χ1v) is 13.0. The van der Waals surface area contributed by atoms with Crippen molar-refractivity contribution in [2.75, 3.05) is 16.7 Å². The Hall–Kier alpha value is -4.01. The van der Waals surface area contributed by atoms with Crippen LogP contribution in [0, 0.1) is 0 Å². The van der Waals surface area contributed by atoms with Gasteiger partial charge in [-0.15, -0.1) is 13.2 Å². The molecule has 0 fully saturated rings. The molecule has 1 amide bonds. The quantitative estimate of drug-likeness (QED) is 0.384. The molecule has 214 valence electrons. The molecule has 3 aromatic rings. The van der Waals surface area contributed by atoms with Crippen molar-refractivity contribution in [1.82, 2.24) is 10.3 Å². The minimum atomic E-state index is -4.99. The van der Waals surface area contributed by atoms with E-state index in [9.17, 15) is 39.6 Å². The summed E-state index contributed by atoms with van der Waals surface area (Å²) in [4.78, 5) is 15.8. The third-order valence-electron chi connectivity index (χ3n) is 6.26. The van der Waals surface area contributed by atoms with Crippen LogP contribution in [0.1, 0.15) is 30.7 Å². The fourth-order valence-corrected chi connectivity index (χ4v) is 5.53. The van der Waals surface area contributed by atoms with Gasteiger partial charge in [-0.2, -0.15) is 13.2 Å². The third kappa shape index (κ3) is 5.64. The zero-order valence-electron chi connectivity index (χ0n) is 21.1. The number of pyridine rings is 1. The standard InChI is InChI=1S/C25H22F6N4O4S/c1-23(2,22(36)32-3)15-5-10-18-19(12-15)35(13-14-4-11-20(24(26,27)28)34-21(14)33-18)40(37,38)17-8-6-16(7-9-17)39-25(29,30)31/h4-12H,13H2,1-3H3,(H,32,36)(H,33,34). The Kier molecular flexibility index (Phi) is 7.15. The first-order chi connectivity index (χ1) is 18.4. The van der Waals surface area contributed by atoms with E-state index in [1.54, 1.807) is 13.8 Å². The molecule has 0 bridgehead atoms. The maximum Gasteiger partial charge on any atom is 0.573 e. The number of anilines is 3.